The van der Waals surface area contributed by atoms with Crippen LogP contribution in [-0.4, -0.2) is 18.5 Å². The number of halogens is 2. The molecule has 0 spiro atoms. The van der Waals surface area contributed by atoms with E-state index in [1.54, 1.807) is 0 Å². The molecule has 0 saturated heterocycles. The standard InChI is InChI=1S/C14H23ClP.ClH/c1-4-16(5-2,6-3)12-14-10-8-7-9-13(14)11-15;/h7-10H,4-6,11-12H2,1-3H3;1H/q+1;/p-1. The minimum Gasteiger partial charge on any atom is -1.00 e. The number of alkyl halides is 1. The minimum atomic E-state index is -0.760. The molecule has 0 radical (unpaired) electrons. The molecule has 98 valence electrons. The second-order valence-electron chi connectivity index (χ2n) is 4.35. The van der Waals surface area contributed by atoms with Crippen molar-refractivity contribution in [1.29, 1.82) is 0 Å². The molecular formula is C14H23Cl2P. The van der Waals surface area contributed by atoms with Gasteiger partial charge in [0.15, 0.2) is 0 Å². The smallest absolute Gasteiger partial charge is 0.0845 e. The van der Waals surface area contributed by atoms with Crippen LogP contribution < -0.4 is 12.4 Å². The summed E-state index contributed by atoms with van der Waals surface area (Å²) in [5.41, 5.74) is 2.81. The molecule has 0 aliphatic heterocycles. The van der Waals surface area contributed by atoms with Crippen LogP contribution in [-0.2, 0) is 12.0 Å². The number of rotatable bonds is 6. The van der Waals surface area contributed by atoms with Gasteiger partial charge in [-0.15, -0.1) is 11.6 Å². The summed E-state index contributed by atoms with van der Waals surface area (Å²) in [6.45, 7) is 7.05. The zero-order chi connectivity index (χ0) is 12.0. The van der Waals surface area contributed by atoms with Crippen molar-refractivity contribution in [1.82, 2.24) is 0 Å². The maximum atomic E-state index is 6.00. The van der Waals surface area contributed by atoms with Crippen LogP contribution in [0, 0.1) is 0 Å². The van der Waals surface area contributed by atoms with Crippen LogP contribution in [0.25, 0.3) is 0 Å². The van der Waals surface area contributed by atoms with Gasteiger partial charge in [-0.25, -0.2) is 0 Å². The van der Waals surface area contributed by atoms with Crippen LogP contribution in [0.4, 0.5) is 0 Å². The van der Waals surface area contributed by atoms with E-state index in [-0.39, 0.29) is 12.4 Å². The third-order valence-electron chi connectivity index (χ3n) is 3.78. The van der Waals surface area contributed by atoms with Crippen LogP contribution in [0.1, 0.15) is 31.9 Å². The first-order chi connectivity index (χ1) is 7.71. The third-order valence-corrected chi connectivity index (χ3v) is 9.10. The van der Waals surface area contributed by atoms with Gasteiger partial charge in [0.2, 0.25) is 0 Å². The van der Waals surface area contributed by atoms with Gasteiger partial charge in [-0.2, -0.15) is 0 Å². The second-order valence-corrected chi connectivity index (χ2v) is 9.51. The van der Waals surface area contributed by atoms with Crippen LogP contribution in [0.3, 0.4) is 0 Å². The van der Waals surface area contributed by atoms with E-state index in [1.165, 1.54) is 35.8 Å². The molecule has 0 N–H and O–H groups in total. The summed E-state index contributed by atoms with van der Waals surface area (Å²) in [5.74, 6) is 0.646. The Morgan fingerprint density at radius 1 is 0.941 bits per heavy atom. The monoisotopic (exact) mass is 292 g/mol. The fraction of sp³-hybridized carbons (Fsp3) is 0.571. The Morgan fingerprint density at radius 3 is 1.82 bits per heavy atom. The summed E-state index contributed by atoms with van der Waals surface area (Å²) in [4.78, 5) is 0. The van der Waals surface area contributed by atoms with Crippen LogP contribution in [0.15, 0.2) is 24.3 Å². The highest BCUT2D eigenvalue weighted by atomic mass is 35.5. The predicted octanol–water partition coefficient (Wildman–Crippen LogP) is 2.01. The number of hydrogen-bond donors (Lipinski definition) is 0. The first-order valence-electron chi connectivity index (χ1n) is 6.19. The molecule has 0 aliphatic carbocycles. The van der Waals surface area contributed by atoms with Gasteiger partial charge in [-0.3, -0.25) is 0 Å². The van der Waals surface area contributed by atoms with Crippen molar-refractivity contribution in [2.45, 2.75) is 32.8 Å². The lowest BCUT2D eigenvalue weighted by molar-refractivity contribution is -0.00000350. The quantitative estimate of drug-likeness (QED) is 0.556. The molecule has 3 heteroatoms. The minimum absolute atomic E-state index is 0. The Bertz CT molecular complexity index is 313. The fourth-order valence-electron chi connectivity index (χ4n) is 2.21. The van der Waals surface area contributed by atoms with E-state index in [0.29, 0.717) is 5.88 Å². The fourth-order valence-corrected chi connectivity index (χ4v) is 5.51. The topological polar surface area (TPSA) is 0 Å². The van der Waals surface area contributed by atoms with E-state index < -0.39 is 7.26 Å². The Labute approximate surface area is 118 Å². The summed E-state index contributed by atoms with van der Waals surface area (Å²) in [6, 6.07) is 8.65. The lowest BCUT2D eigenvalue weighted by atomic mass is 10.1. The van der Waals surface area contributed by atoms with Gasteiger partial charge in [0.1, 0.15) is 0 Å². The summed E-state index contributed by atoms with van der Waals surface area (Å²) in [5, 5.41) is 0. The molecule has 0 heterocycles. The Hall–Kier alpha value is 0.230. The van der Waals surface area contributed by atoms with Crippen molar-refractivity contribution in [3.63, 3.8) is 0 Å². The highest BCUT2D eigenvalue weighted by molar-refractivity contribution is 7.75. The van der Waals surface area contributed by atoms with Crippen molar-refractivity contribution in [2.24, 2.45) is 0 Å². The molecule has 0 fully saturated rings. The van der Waals surface area contributed by atoms with E-state index in [2.05, 4.69) is 45.0 Å². The first-order valence-corrected chi connectivity index (χ1v) is 9.25. The van der Waals surface area contributed by atoms with Crippen molar-refractivity contribution >= 4 is 18.9 Å². The number of hydrogen-bond acceptors (Lipinski definition) is 0. The highest BCUT2D eigenvalue weighted by Gasteiger charge is 2.31. The van der Waals surface area contributed by atoms with Crippen molar-refractivity contribution in [3.8, 4) is 0 Å². The average Bonchev–Trinajstić information content (AvgIpc) is 2.36. The second kappa shape index (κ2) is 8.35. The third kappa shape index (κ3) is 4.43. The largest absolute Gasteiger partial charge is 1.00 e. The Kier molecular flexibility index (Phi) is 8.47. The van der Waals surface area contributed by atoms with E-state index in [0.717, 1.165) is 0 Å². The molecule has 1 rings (SSSR count). The molecule has 0 amide bonds. The van der Waals surface area contributed by atoms with Crippen molar-refractivity contribution in [2.75, 3.05) is 18.5 Å². The molecular weight excluding hydrogens is 270 g/mol. The highest BCUT2D eigenvalue weighted by Crippen LogP contribution is 2.60. The lowest BCUT2D eigenvalue weighted by Gasteiger charge is -2.24. The van der Waals surface area contributed by atoms with Gasteiger partial charge >= 0.3 is 0 Å². The zero-order valence-electron chi connectivity index (χ0n) is 11.0. The molecule has 0 unspecified atom stereocenters. The van der Waals surface area contributed by atoms with Crippen LogP contribution >= 0.6 is 18.9 Å². The van der Waals surface area contributed by atoms with Crippen LogP contribution in [0.5, 0.6) is 0 Å². The van der Waals surface area contributed by atoms with E-state index in [9.17, 15) is 0 Å². The normalized spacial score (nSPS) is 11.1. The van der Waals surface area contributed by atoms with Gasteiger partial charge in [-0.05, 0) is 31.9 Å². The molecule has 0 bridgehead atoms. The van der Waals surface area contributed by atoms with Gasteiger partial charge in [0, 0.05) is 13.1 Å². The maximum absolute atomic E-state index is 6.00. The maximum Gasteiger partial charge on any atom is 0.0845 e. The summed E-state index contributed by atoms with van der Waals surface area (Å²) in [6.07, 6.45) is 5.35. The molecule has 0 atom stereocenters. The van der Waals surface area contributed by atoms with Crippen molar-refractivity contribution < 1.29 is 12.4 Å². The Balaban J connectivity index is 0.00000256. The summed E-state index contributed by atoms with van der Waals surface area (Å²) >= 11 is 6.00. The molecule has 1 aromatic rings. The molecule has 0 aliphatic rings. The molecule has 0 saturated carbocycles. The summed E-state index contributed by atoms with van der Waals surface area (Å²) < 4.78 is 0. The van der Waals surface area contributed by atoms with Gasteiger partial charge in [0.25, 0.3) is 0 Å². The predicted molar refractivity (Wildman–Crippen MR) is 78.2 cm³/mol. The van der Waals surface area contributed by atoms with Crippen LogP contribution in [0.2, 0.25) is 0 Å². The molecule has 17 heavy (non-hydrogen) atoms. The van der Waals surface area contributed by atoms with Gasteiger partial charge < -0.3 is 12.4 Å². The SMILES string of the molecule is CC[P+](CC)(CC)Cc1ccccc1CCl.[Cl-]. The average molecular weight is 293 g/mol. The zero-order valence-corrected chi connectivity index (χ0v) is 13.5. The summed E-state index contributed by atoms with van der Waals surface area (Å²) in [7, 11) is -0.760. The Morgan fingerprint density at radius 2 is 1.41 bits per heavy atom. The van der Waals surface area contributed by atoms with E-state index in [1.807, 2.05) is 0 Å². The van der Waals surface area contributed by atoms with E-state index >= 15 is 0 Å². The van der Waals surface area contributed by atoms with Crippen molar-refractivity contribution in [3.05, 3.63) is 35.4 Å². The van der Waals surface area contributed by atoms with E-state index in [4.69, 9.17) is 11.6 Å². The number of benzene rings is 1. The lowest BCUT2D eigenvalue weighted by Crippen LogP contribution is -3.00. The molecule has 0 aromatic heterocycles. The molecule has 0 nitrogen and oxygen atoms in total. The van der Waals surface area contributed by atoms with Gasteiger partial charge in [0.05, 0.1) is 24.6 Å². The first kappa shape index (κ1) is 17.2. The van der Waals surface area contributed by atoms with Gasteiger partial charge in [-0.1, -0.05) is 24.3 Å². The molecule has 1 aromatic carbocycles.